The number of nitrogens with one attached hydrogen (secondary N) is 1. The van der Waals surface area contributed by atoms with E-state index in [-0.39, 0.29) is 23.0 Å². The maximum atomic E-state index is 13.9. The van der Waals surface area contributed by atoms with Crippen LogP contribution in [0, 0.1) is 5.82 Å². The van der Waals surface area contributed by atoms with E-state index in [9.17, 15) is 22.4 Å². The van der Waals surface area contributed by atoms with E-state index in [4.69, 9.17) is 11.6 Å². The van der Waals surface area contributed by atoms with Gasteiger partial charge in [0.15, 0.2) is 0 Å². The molecule has 2 amide bonds. The van der Waals surface area contributed by atoms with Gasteiger partial charge in [-0.05, 0) is 66.9 Å². The van der Waals surface area contributed by atoms with Crippen molar-refractivity contribution < 1.29 is 22.4 Å². The van der Waals surface area contributed by atoms with E-state index in [1.807, 2.05) is 6.92 Å². The van der Waals surface area contributed by atoms with Crippen molar-refractivity contribution in [3.05, 3.63) is 95.3 Å². The molecule has 0 spiro atoms. The third-order valence-electron chi connectivity index (χ3n) is 6.21. The topological polar surface area (TPSA) is 86.8 Å². The second kappa shape index (κ2) is 14.1. The molecule has 0 unspecified atom stereocenters. The number of hydrogen-bond acceptors (Lipinski definition) is 4. The zero-order chi connectivity index (χ0) is 28.4. The second-order valence-corrected chi connectivity index (χ2v) is 11.3. The largest absolute Gasteiger partial charge is 0.354 e. The summed E-state index contributed by atoms with van der Waals surface area (Å²) in [6, 6.07) is 18.6. The van der Waals surface area contributed by atoms with Gasteiger partial charge < -0.3 is 10.2 Å². The van der Waals surface area contributed by atoms with Gasteiger partial charge in [-0.1, -0.05) is 62.2 Å². The fraction of sp³-hybridized carbons (Fsp3) is 0.310. The van der Waals surface area contributed by atoms with Crippen LogP contribution in [0.2, 0.25) is 5.02 Å². The van der Waals surface area contributed by atoms with Crippen LogP contribution in [0.15, 0.2) is 83.8 Å². The zero-order valence-corrected chi connectivity index (χ0v) is 23.6. The Morgan fingerprint density at radius 2 is 1.59 bits per heavy atom. The van der Waals surface area contributed by atoms with Crippen molar-refractivity contribution in [2.24, 2.45) is 0 Å². The van der Waals surface area contributed by atoms with Crippen molar-refractivity contribution >= 4 is 39.1 Å². The Labute approximate surface area is 234 Å². The molecule has 0 aliphatic carbocycles. The van der Waals surface area contributed by atoms with Crippen LogP contribution in [0.4, 0.5) is 10.1 Å². The van der Waals surface area contributed by atoms with Gasteiger partial charge in [-0.2, -0.15) is 0 Å². The molecule has 0 heterocycles. The normalized spacial score (nSPS) is 12.0. The molecule has 0 aromatic heterocycles. The number of sulfonamides is 1. The molecule has 0 bridgehead atoms. The van der Waals surface area contributed by atoms with Crippen LogP contribution in [-0.4, -0.2) is 44.3 Å². The highest BCUT2D eigenvalue weighted by atomic mass is 35.5. The monoisotopic (exact) mass is 573 g/mol. The van der Waals surface area contributed by atoms with E-state index < -0.39 is 34.3 Å². The summed E-state index contributed by atoms with van der Waals surface area (Å²) in [5.74, 6) is -1.43. The third kappa shape index (κ3) is 8.03. The molecule has 39 heavy (non-hydrogen) atoms. The standard InChI is InChI=1S/C29H33ClFN3O4S/c1-3-5-19-32-29(36)27(4-2)33(20-22-11-13-23(30)14-12-22)28(35)21-34(25-17-15-24(31)16-18-25)39(37,38)26-9-7-6-8-10-26/h6-18,27H,3-5,19-21H2,1-2H3,(H,32,36)/t27-/m1/s1. The molecule has 0 radical (unpaired) electrons. The highest BCUT2D eigenvalue weighted by molar-refractivity contribution is 7.92. The van der Waals surface area contributed by atoms with Gasteiger partial charge in [0, 0.05) is 18.1 Å². The van der Waals surface area contributed by atoms with E-state index in [1.165, 1.54) is 29.2 Å². The lowest BCUT2D eigenvalue weighted by molar-refractivity contribution is -0.140. The number of unbranched alkanes of at least 4 members (excludes halogenated alkanes) is 1. The molecule has 208 valence electrons. The molecule has 1 N–H and O–H groups in total. The van der Waals surface area contributed by atoms with Crippen LogP contribution in [0.1, 0.15) is 38.7 Å². The first-order valence-electron chi connectivity index (χ1n) is 12.8. The first kappa shape index (κ1) is 30.1. The van der Waals surface area contributed by atoms with Crippen LogP contribution >= 0.6 is 11.6 Å². The van der Waals surface area contributed by atoms with E-state index >= 15 is 0 Å². The van der Waals surface area contributed by atoms with Gasteiger partial charge >= 0.3 is 0 Å². The smallest absolute Gasteiger partial charge is 0.264 e. The Bertz CT molecular complexity index is 1340. The summed E-state index contributed by atoms with van der Waals surface area (Å²) in [6.45, 7) is 3.76. The van der Waals surface area contributed by atoms with Gasteiger partial charge in [0.2, 0.25) is 11.8 Å². The fourth-order valence-electron chi connectivity index (χ4n) is 4.07. The van der Waals surface area contributed by atoms with Gasteiger partial charge in [0.1, 0.15) is 18.4 Å². The summed E-state index contributed by atoms with van der Waals surface area (Å²) in [5, 5.41) is 3.41. The number of benzene rings is 3. The van der Waals surface area contributed by atoms with E-state index in [0.29, 0.717) is 18.0 Å². The van der Waals surface area contributed by atoms with Gasteiger partial charge in [0.25, 0.3) is 10.0 Å². The molecule has 1 atom stereocenters. The quantitative estimate of drug-likeness (QED) is 0.277. The number of carbonyl (C=O) groups is 2. The summed E-state index contributed by atoms with van der Waals surface area (Å²) in [6.07, 6.45) is 2.01. The van der Waals surface area contributed by atoms with Crippen LogP contribution < -0.4 is 9.62 Å². The number of nitrogens with zero attached hydrogens (tertiary/aromatic N) is 2. The summed E-state index contributed by atoms with van der Waals surface area (Å²) in [4.78, 5) is 28.4. The highest BCUT2D eigenvalue weighted by Crippen LogP contribution is 2.25. The summed E-state index contributed by atoms with van der Waals surface area (Å²) < 4.78 is 42.0. The summed E-state index contributed by atoms with van der Waals surface area (Å²) in [5.41, 5.74) is 0.854. The third-order valence-corrected chi connectivity index (χ3v) is 8.25. The molecule has 0 aliphatic rings. The van der Waals surface area contributed by atoms with Crippen molar-refractivity contribution in [3.8, 4) is 0 Å². The second-order valence-electron chi connectivity index (χ2n) is 9.02. The minimum absolute atomic E-state index is 0.0178. The molecule has 7 nitrogen and oxygen atoms in total. The minimum atomic E-state index is -4.20. The number of hydrogen-bond donors (Lipinski definition) is 1. The average Bonchev–Trinajstić information content (AvgIpc) is 2.93. The first-order valence-corrected chi connectivity index (χ1v) is 14.6. The van der Waals surface area contributed by atoms with Gasteiger partial charge in [-0.3, -0.25) is 13.9 Å². The summed E-state index contributed by atoms with van der Waals surface area (Å²) >= 11 is 6.03. The SMILES string of the molecule is CCCCNC(=O)[C@@H](CC)N(Cc1ccc(Cl)cc1)C(=O)CN(c1ccc(F)cc1)S(=O)(=O)c1ccccc1. The maximum absolute atomic E-state index is 13.9. The molecule has 0 aliphatic heterocycles. The van der Waals surface area contributed by atoms with E-state index in [0.717, 1.165) is 34.8 Å². The van der Waals surface area contributed by atoms with Crippen LogP contribution in [0.3, 0.4) is 0 Å². The number of anilines is 1. The molecule has 3 aromatic rings. The van der Waals surface area contributed by atoms with E-state index in [1.54, 1.807) is 49.4 Å². The van der Waals surface area contributed by atoms with Gasteiger partial charge in [-0.25, -0.2) is 12.8 Å². The van der Waals surface area contributed by atoms with Crippen molar-refractivity contribution in [3.63, 3.8) is 0 Å². The van der Waals surface area contributed by atoms with Crippen LogP contribution in [0.5, 0.6) is 0 Å². The van der Waals surface area contributed by atoms with Crippen molar-refractivity contribution in [1.29, 1.82) is 0 Å². The van der Waals surface area contributed by atoms with Crippen molar-refractivity contribution in [1.82, 2.24) is 10.2 Å². The Hall–Kier alpha value is -3.43. The minimum Gasteiger partial charge on any atom is -0.354 e. The molecular formula is C29H33ClFN3O4S. The average molecular weight is 574 g/mol. The lowest BCUT2D eigenvalue weighted by Gasteiger charge is -2.33. The van der Waals surface area contributed by atoms with Crippen LogP contribution in [0.25, 0.3) is 0 Å². The molecule has 3 rings (SSSR count). The van der Waals surface area contributed by atoms with Crippen LogP contribution in [-0.2, 0) is 26.2 Å². The number of halogens is 2. The maximum Gasteiger partial charge on any atom is 0.264 e. The molecule has 3 aromatic carbocycles. The number of amides is 2. The molecular weight excluding hydrogens is 541 g/mol. The number of rotatable bonds is 13. The Kier molecular flexibility index (Phi) is 10.9. The zero-order valence-electron chi connectivity index (χ0n) is 22.0. The first-order chi connectivity index (χ1) is 18.7. The number of carbonyl (C=O) groups excluding carboxylic acids is 2. The fourth-order valence-corrected chi connectivity index (χ4v) is 5.63. The molecule has 0 saturated heterocycles. The Morgan fingerprint density at radius 3 is 2.18 bits per heavy atom. The van der Waals surface area contributed by atoms with Crippen molar-refractivity contribution in [2.45, 2.75) is 50.6 Å². The van der Waals surface area contributed by atoms with Gasteiger partial charge in [0.05, 0.1) is 10.6 Å². The molecule has 10 heteroatoms. The Morgan fingerprint density at radius 1 is 0.949 bits per heavy atom. The van der Waals surface area contributed by atoms with Gasteiger partial charge in [-0.15, -0.1) is 0 Å². The predicted octanol–water partition coefficient (Wildman–Crippen LogP) is 5.40. The summed E-state index contributed by atoms with van der Waals surface area (Å²) in [7, 11) is -4.20. The Balaban J connectivity index is 2.01. The van der Waals surface area contributed by atoms with Crippen molar-refractivity contribution in [2.75, 3.05) is 17.4 Å². The lowest BCUT2D eigenvalue weighted by atomic mass is 10.1. The van der Waals surface area contributed by atoms with E-state index in [2.05, 4.69) is 5.32 Å². The lowest BCUT2D eigenvalue weighted by Crippen LogP contribution is -2.52. The molecule has 0 saturated carbocycles. The predicted molar refractivity (Wildman–Crippen MR) is 151 cm³/mol. The highest BCUT2D eigenvalue weighted by Gasteiger charge is 2.33. The molecule has 0 fully saturated rings.